The van der Waals surface area contributed by atoms with Crippen LogP contribution in [0.25, 0.3) is 0 Å². The van der Waals surface area contributed by atoms with E-state index in [1.807, 2.05) is 0 Å². The second kappa shape index (κ2) is 6.01. The van der Waals surface area contributed by atoms with Crippen molar-refractivity contribution in [3.05, 3.63) is 35.4 Å². The van der Waals surface area contributed by atoms with Crippen molar-refractivity contribution in [3.63, 3.8) is 0 Å². The summed E-state index contributed by atoms with van der Waals surface area (Å²) in [6.45, 7) is 4.03. The van der Waals surface area contributed by atoms with Crippen LogP contribution in [0.1, 0.15) is 30.4 Å². The van der Waals surface area contributed by atoms with Gasteiger partial charge in [-0.05, 0) is 49.3 Å². The van der Waals surface area contributed by atoms with E-state index in [2.05, 4.69) is 39.8 Å². The highest BCUT2D eigenvalue weighted by Gasteiger charge is 2.34. The van der Waals surface area contributed by atoms with Crippen LogP contribution in [0.4, 0.5) is 0 Å². The Hall–Kier alpha value is -1.39. The standard InChI is InChI=1S/C18H25N3O/c22-18(17-9-14-3-1-2-4-15(14)11-19-17)20-10-13-7-8-21(12-13)16-5-6-16/h1-4,13,16-17,19H,5-12H2,(H,20,22). The summed E-state index contributed by atoms with van der Waals surface area (Å²) < 4.78 is 0. The number of nitrogens with zero attached hydrogens (tertiary/aromatic N) is 1. The number of hydrogen-bond donors (Lipinski definition) is 2. The number of benzene rings is 1. The second-order valence-corrected chi connectivity index (χ2v) is 7.03. The molecule has 2 atom stereocenters. The maximum Gasteiger partial charge on any atom is 0.237 e. The lowest BCUT2D eigenvalue weighted by Crippen LogP contribution is -2.48. The molecule has 0 spiro atoms. The summed E-state index contributed by atoms with van der Waals surface area (Å²) in [6, 6.07) is 9.19. The van der Waals surface area contributed by atoms with E-state index < -0.39 is 0 Å². The third-order valence-electron chi connectivity index (χ3n) is 5.34. The summed E-state index contributed by atoms with van der Waals surface area (Å²) in [6.07, 6.45) is 4.80. The molecule has 4 heteroatoms. The number of amides is 1. The lowest BCUT2D eigenvalue weighted by molar-refractivity contribution is -0.123. The van der Waals surface area contributed by atoms with E-state index in [-0.39, 0.29) is 11.9 Å². The van der Waals surface area contributed by atoms with Gasteiger partial charge in [-0.1, -0.05) is 24.3 Å². The quantitative estimate of drug-likeness (QED) is 0.881. The Kier molecular flexibility index (Phi) is 3.89. The van der Waals surface area contributed by atoms with E-state index in [1.165, 1.54) is 43.5 Å². The Morgan fingerprint density at radius 2 is 2.05 bits per heavy atom. The van der Waals surface area contributed by atoms with Crippen LogP contribution in [0, 0.1) is 5.92 Å². The zero-order valence-corrected chi connectivity index (χ0v) is 13.1. The van der Waals surface area contributed by atoms with E-state index in [1.54, 1.807) is 0 Å². The minimum atomic E-state index is -0.0733. The molecule has 2 aliphatic heterocycles. The molecule has 0 radical (unpaired) electrons. The van der Waals surface area contributed by atoms with Crippen molar-refractivity contribution in [2.45, 2.75) is 44.3 Å². The molecule has 0 bridgehead atoms. The van der Waals surface area contributed by atoms with Crippen molar-refractivity contribution in [3.8, 4) is 0 Å². The number of rotatable bonds is 4. The normalized spacial score (nSPS) is 28.4. The minimum absolute atomic E-state index is 0.0733. The van der Waals surface area contributed by atoms with Gasteiger partial charge < -0.3 is 15.5 Å². The fraction of sp³-hybridized carbons (Fsp3) is 0.611. The molecule has 118 valence electrons. The van der Waals surface area contributed by atoms with Gasteiger partial charge in [0, 0.05) is 25.7 Å². The van der Waals surface area contributed by atoms with Gasteiger partial charge in [0.25, 0.3) is 0 Å². The summed E-state index contributed by atoms with van der Waals surface area (Å²) >= 11 is 0. The first kappa shape index (κ1) is 14.2. The molecule has 2 fully saturated rings. The first-order valence-corrected chi connectivity index (χ1v) is 8.61. The van der Waals surface area contributed by atoms with Crippen LogP contribution < -0.4 is 10.6 Å². The third kappa shape index (κ3) is 3.03. The fourth-order valence-electron chi connectivity index (χ4n) is 3.81. The van der Waals surface area contributed by atoms with E-state index in [9.17, 15) is 4.79 Å². The van der Waals surface area contributed by atoms with Crippen LogP contribution in [0.2, 0.25) is 0 Å². The van der Waals surface area contributed by atoms with Gasteiger partial charge in [-0.15, -0.1) is 0 Å². The van der Waals surface area contributed by atoms with Gasteiger partial charge in [-0.25, -0.2) is 0 Å². The summed E-state index contributed by atoms with van der Waals surface area (Å²) in [5.74, 6) is 0.805. The van der Waals surface area contributed by atoms with E-state index in [0.29, 0.717) is 5.92 Å². The summed E-state index contributed by atoms with van der Waals surface area (Å²) in [5, 5.41) is 6.54. The highest BCUT2D eigenvalue weighted by molar-refractivity contribution is 5.82. The van der Waals surface area contributed by atoms with Gasteiger partial charge in [-0.3, -0.25) is 4.79 Å². The van der Waals surface area contributed by atoms with Crippen LogP contribution in [-0.4, -0.2) is 42.5 Å². The number of nitrogens with one attached hydrogen (secondary N) is 2. The average Bonchev–Trinajstić information content (AvgIpc) is 3.31. The SMILES string of the molecule is O=C(NCC1CCN(C2CC2)C1)C1Cc2ccccc2CN1. The zero-order chi connectivity index (χ0) is 14.9. The topological polar surface area (TPSA) is 44.4 Å². The fourth-order valence-corrected chi connectivity index (χ4v) is 3.81. The maximum atomic E-state index is 12.4. The van der Waals surface area contributed by atoms with Gasteiger partial charge in [0.05, 0.1) is 6.04 Å². The monoisotopic (exact) mass is 299 g/mol. The molecule has 1 amide bonds. The molecular formula is C18H25N3O. The van der Waals surface area contributed by atoms with Gasteiger partial charge >= 0.3 is 0 Å². The van der Waals surface area contributed by atoms with Crippen LogP contribution >= 0.6 is 0 Å². The van der Waals surface area contributed by atoms with E-state index in [4.69, 9.17) is 0 Å². The van der Waals surface area contributed by atoms with Crippen molar-refractivity contribution in [2.75, 3.05) is 19.6 Å². The van der Waals surface area contributed by atoms with Gasteiger partial charge in [-0.2, -0.15) is 0 Å². The highest BCUT2D eigenvalue weighted by Crippen LogP contribution is 2.31. The van der Waals surface area contributed by atoms with Crippen molar-refractivity contribution < 1.29 is 4.79 Å². The number of fused-ring (bicyclic) bond motifs is 1. The molecule has 4 rings (SSSR count). The van der Waals surface area contributed by atoms with Gasteiger partial charge in [0.15, 0.2) is 0 Å². The molecular weight excluding hydrogens is 274 g/mol. The first-order chi connectivity index (χ1) is 10.8. The molecule has 1 aromatic carbocycles. The number of likely N-dealkylation sites (tertiary alicyclic amines) is 1. The minimum Gasteiger partial charge on any atom is -0.354 e. The summed E-state index contributed by atoms with van der Waals surface area (Å²) in [7, 11) is 0. The highest BCUT2D eigenvalue weighted by atomic mass is 16.2. The second-order valence-electron chi connectivity index (χ2n) is 7.03. The molecule has 1 saturated heterocycles. The van der Waals surface area contributed by atoms with Crippen molar-refractivity contribution >= 4 is 5.91 Å². The Morgan fingerprint density at radius 1 is 1.23 bits per heavy atom. The number of carbonyl (C=O) groups excluding carboxylic acids is 1. The summed E-state index contributed by atoms with van der Waals surface area (Å²) in [4.78, 5) is 15.0. The number of carbonyl (C=O) groups is 1. The molecule has 1 aliphatic carbocycles. The van der Waals surface area contributed by atoms with Gasteiger partial charge in [0.1, 0.15) is 0 Å². The Labute approximate surface area is 132 Å². The molecule has 1 saturated carbocycles. The molecule has 3 aliphatic rings. The Morgan fingerprint density at radius 3 is 2.86 bits per heavy atom. The van der Waals surface area contributed by atoms with Crippen LogP contribution in [0.3, 0.4) is 0 Å². The molecule has 2 heterocycles. The zero-order valence-electron chi connectivity index (χ0n) is 13.1. The molecule has 22 heavy (non-hydrogen) atoms. The lowest BCUT2D eigenvalue weighted by Gasteiger charge is -2.26. The molecule has 1 aromatic rings. The Bertz CT molecular complexity index is 555. The molecule has 0 aromatic heterocycles. The van der Waals surface area contributed by atoms with E-state index >= 15 is 0 Å². The van der Waals surface area contributed by atoms with Crippen molar-refractivity contribution in [1.29, 1.82) is 0 Å². The van der Waals surface area contributed by atoms with Crippen molar-refractivity contribution in [1.82, 2.24) is 15.5 Å². The van der Waals surface area contributed by atoms with E-state index in [0.717, 1.165) is 25.6 Å². The Balaban J connectivity index is 1.26. The molecule has 4 nitrogen and oxygen atoms in total. The lowest BCUT2D eigenvalue weighted by atomic mass is 9.95. The smallest absolute Gasteiger partial charge is 0.237 e. The summed E-state index contributed by atoms with van der Waals surface area (Å²) in [5.41, 5.74) is 2.63. The van der Waals surface area contributed by atoms with Crippen LogP contribution in [-0.2, 0) is 17.8 Å². The molecule has 2 unspecified atom stereocenters. The first-order valence-electron chi connectivity index (χ1n) is 8.61. The van der Waals surface area contributed by atoms with Crippen LogP contribution in [0.15, 0.2) is 24.3 Å². The predicted molar refractivity (Wildman–Crippen MR) is 86.5 cm³/mol. The third-order valence-corrected chi connectivity index (χ3v) is 5.34. The van der Waals surface area contributed by atoms with Gasteiger partial charge in [0.2, 0.25) is 5.91 Å². The largest absolute Gasteiger partial charge is 0.354 e. The van der Waals surface area contributed by atoms with Crippen molar-refractivity contribution in [2.24, 2.45) is 5.92 Å². The maximum absolute atomic E-state index is 12.4. The molecule has 2 N–H and O–H groups in total. The average molecular weight is 299 g/mol. The predicted octanol–water partition coefficient (Wildman–Crippen LogP) is 1.30. The van der Waals surface area contributed by atoms with Crippen LogP contribution in [0.5, 0.6) is 0 Å². The number of hydrogen-bond acceptors (Lipinski definition) is 3.